The van der Waals surface area contributed by atoms with Crippen LogP contribution in [0.5, 0.6) is 0 Å². The molecule has 1 heterocycles. The predicted molar refractivity (Wildman–Crippen MR) is 96.3 cm³/mol. The fourth-order valence-corrected chi connectivity index (χ4v) is 3.10. The molecule has 0 bridgehead atoms. The van der Waals surface area contributed by atoms with Gasteiger partial charge in [-0.15, -0.1) is 0 Å². The average molecular weight is 343 g/mol. The molecule has 0 unspecified atom stereocenters. The quantitative estimate of drug-likeness (QED) is 0.759. The summed E-state index contributed by atoms with van der Waals surface area (Å²) in [5.74, 6) is 0.226. The van der Waals surface area contributed by atoms with E-state index in [0.29, 0.717) is 28.9 Å². The summed E-state index contributed by atoms with van der Waals surface area (Å²) in [5, 5.41) is 7.41. The van der Waals surface area contributed by atoms with Crippen molar-refractivity contribution in [1.82, 2.24) is 15.6 Å². The van der Waals surface area contributed by atoms with Crippen molar-refractivity contribution in [3.63, 3.8) is 0 Å². The van der Waals surface area contributed by atoms with E-state index in [1.165, 1.54) is 11.8 Å². The number of aromatic nitrogens is 1. The smallest absolute Gasteiger partial charge is 0.252 e. The minimum atomic E-state index is -0.0617. The molecule has 2 N–H and O–H groups in total. The summed E-state index contributed by atoms with van der Waals surface area (Å²) in [5.41, 5.74) is 1.40. The van der Waals surface area contributed by atoms with Crippen LogP contribution in [-0.4, -0.2) is 35.1 Å². The van der Waals surface area contributed by atoms with Gasteiger partial charge in [0.2, 0.25) is 5.91 Å². The van der Waals surface area contributed by atoms with Crippen molar-refractivity contribution < 1.29 is 9.59 Å². The Morgan fingerprint density at radius 3 is 2.83 bits per heavy atom. The molecule has 1 fully saturated rings. The number of nitrogens with one attached hydrogen (secondary N) is 2. The van der Waals surface area contributed by atoms with E-state index in [9.17, 15) is 9.59 Å². The Bertz CT molecular complexity index is 759. The van der Waals surface area contributed by atoms with Crippen molar-refractivity contribution in [2.45, 2.75) is 37.3 Å². The molecule has 6 heteroatoms. The lowest BCUT2D eigenvalue weighted by Crippen LogP contribution is -2.26. The molecule has 0 atom stereocenters. The standard InChI is InChI=1S/C18H21N3O2S/c1-2-9-19-16(22)11-24-17-10-14(18(23)20-12-7-8-12)13-5-3-4-6-15(13)21-17/h3-6,10,12H,2,7-9,11H2,1H3,(H,19,22)(H,20,23). The lowest BCUT2D eigenvalue weighted by atomic mass is 10.1. The van der Waals surface area contributed by atoms with E-state index >= 15 is 0 Å². The van der Waals surface area contributed by atoms with Crippen molar-refractivity contribution in [3.05, 3.63) is 35.9 Å². The van der Waals surface area contributed by atoms with Crippen LogP contribution in [0.4, 0.5) is 0 Å². The van der Waals surface area contributed by atoms with E-state index in [0.717, 1.165) is 30.2 Å². The third-order valence-corrected chi connectivity index (χ3v) is 4.68. The second kappa shape index (κ2) is 7.66. The van der Waals surface area contributed by atoms with Crippen LogP contribution in [0.1, 0.15) is 36.5 Å². The number of thioether (sulfide) groups is 1. The Morgan fingerprint density at radius 1 is 1.29 bits per heavy atom. The number of fused-ring (bicyclic) bond motifs is 1. The number of nitrogens with zero attached hydrogens (tertiary/aromatic N) is 1. The Hall–Kier alpha value is -2.08. The van der Waals surface area contributed by atoms with Gasteiger partial charge in [0.15, 0.2) is 0 Å². The van der Waals surface area contributed by atoms with Crippen molar-refractivity contribution in [1.29, 1.82) is 0 Å². The molecular weight excluding hydrogens is 322 g/mol. The molecule has 2 amide bonds. The highest BCUT2D eigenvalue weighted by Gasteiger charge is 2.25. The number of benzene rings is 1. The maximum atomic E-state index is 12.5. The fraction of sp³-hybridized carbons (Fsp3) is 0.389. The topological polar surface area (TPSA) is 71.1 Å². The minimum Gasteiger partial charge on any atom is -0.355 e. The molecule has 1 aromatic carbocycles. The minimum absolute atomic E-state index is 0.0132. The number of para-hydroxylation sites is 1. The summed E-state index contributed by atoms with van der Waals surface area (Å²) < 4.78 is 0. The lowest BCUT2D eigenvalue weighted by Gasteiger charge is -2.10. The van der Waals surface area contributed by atoms with Gasteiger partial charge in [-0.3, -0.25) is 9.59 Å². The maximum Gasteiger partial charge on any atom is 0.252 e. The summed E-state index contributed by atoms with van der Waals surface area (Å²) in [4.78, 5) is 28.9. The van der Waals surface area contributed by atoms with E-state index in [2.05, 4.69) is 15.6 Å². The Labute approximate surface area is 145 Å². The van der Waals surface area contributed by atoms with Crippen molar-refractivity contribution in [2.24, 2.45) is 0 Å². The van der Waals surface area contributed by atoms with Gasteiger partial charge in [0.25, 0.3) is 5.91 Å². The van der Waals surface area contributed by atoms with Gasteiger partial charge < -0.3 is 10.6 Å². The molecule has 24 heavy (non-hydrogen) atoms. The number of hydrogen-bond donors (Lipinski definition) is 2. The molecular formula is C18H21N3O2S. The molecule has 5 nitrogen and oxygen atoms in total. The molecule has 1 saturated carbocycles. The van der Waals surface area contributed by atoms with Gasteiger partial charge in [-0.25, -0.2) is 4.98 Å². The van der Waals surface area contributed by atoms with E-state index < -0.39 is 0 Å². The van der Waals surface area contributed by atoms with Crippen LogP contribution in [-0.2, 0) is 4.79 Å². The van der Waals surface area contributed by atoms with E-state index in [1.54, 1.807) is 6.07 Å². The molecule has 0 spiro atoms. The van der Waals surface area contributed by atoms with Crippen LogP contribution in [0.25, 0.3) is 10.9 Å². The number of hydrogen-bond acceptors (Lipinski definition) is 4. The Kier molecular flexibility index (Phi) is 5.35. The average Bonchev–Trinajstić information content (AvgIpc) is 3.41. The van der Waals surface area contributed by atoms with Gasteiger partial charge in [-0.2, -0.15) is 0 Å². The number of carbonyl (C=O) groups is 2. The molecule has 3 rings (SSSR count). The molecule has 126 valence electrons. The largest absolute Gasteiger partial charge is 0.355 e. The van der Waals surface area contributed by atoms with Crippen molar-refractivity contribution >= 4 is 34.5 Å². The zero-order chi connectivity index (χ0) is 16.9. The van der Waals surface area contributed by atoms with Crippen LogP contribution in [0.15, 0.2) is 35.4 Å². The zero-order valence-corrected chi connectivity index (χ0v) is 14.5. The summed E-state index contributed by atoms with van der Waals surface area (Å²) in [6, 6.07) is 9.71. The third-order valence-electron chi connectivity index (χ3n) is 3.77. The molecule has 0 radical (unpaired) electrons. The molecule has 1 aliphatic carbocycles. The van der Waals surface area contributed by atoms with Crippen LogP contribution >= 0.6 is 11.8 Å². The van der Waals surface area contributed by atoms with Gasteiger partial charge in [0.1, 0.15) is 0 Å². The SMILES string of the molecule is CCCNC(=O)CSc1cc(C(=O)NC2CC2)c2ccccc2n1. The first-order chi connectivity index (χ1) is 11.7. The second-order valence-electron chi connectivity index (χ2n) is 5.91. The highest BCUT2D eigenvalue weighted by molar-refractivity contribution is 7.99. The van der Waals surface area contributed by atoms with Gasteiger partial charge in [0.05, 0.1) is 21.9 Å². The van der Waals surface area contributed by atoms with E-state index in [1.807, 2.05) is 31.2 Å². The highest BCUT2D eigenvalue weighted by Crippen LogP contribution is 2.26. The summed E-state index contributed by atoms with van der Waals surface area (Å²) >= 11 is 1.36. The van der Waals surface area contributed by atoms with Gasteiger partial charge in [-0.1, -0.05) is 36.9 Å². The normalized spacial score (nSPS) is 13.7. The summed E-state index contributed by atoms with van der Waals surface area (Å²) in [6.07, 6.45) is 3.01. The van der Waals surface area contributed by atoms with E-state index in [4.69, 9.17) is 0 Å². The molecule has 1 aliphatic rings. The van der Waals surface area contributed by atoms with Crippen LogP contribution in [0.3, 0.4) is 0 Å². The van der Waals surface area contributed by atoms with Gasteiger partial charge in [-0.05, 0) is 31.4 Å². The Morgan fingerprint density at radius 2 is 2.08 bits per heavy atom. The predicted octanol–water partition coefficient (Wildman–Crippen LogP) is 2.75. The number of carbonyl (C=O) groups excluding carboxylic acids is 2. The van der Waals surface area contributed by atoms with Gasteiger partial charge in [0, 0.05) is 18.0 Å². The van der Waals surface area contributed by atoms with Crippen molar-refractivity contribution in [3.8, 4) is 0 Å². The molecule has 0 saturated heterocycles. The lowest BCUT2D eigenvalue weighted by molar-refractivity contribution is -0.118. The summed E-state index contributed by atoms with van der Waals surface area (Å²) in [7, 11) is 0. The molecule has 2 aromatic rings. The van der Waals surface area contributed by atoms with Crippen LogP contribution in [0.2, 0.25) is 0 Å². The second-order valence-corrected chi connectivity index (χ2v) is 6.91. The highest BCUT2D eigenvalue weighted by atomic mass is 32.2. The number of pyridine rings is 1. The van der Waals surface area contributed by atoms with Crippen molar-refractivity contribution in [2.75, 3.05) is 12.3 Å². The molecule has 0 aliphatic heterocycles. The maximum absolute atomic E-state index is 12.5. The fourth-order valence-electron chi connectivity index (χ4n) is 2.36. The first-order valence-electron chi connectivity index (χ1n) is 8.27. The Balaban J connectivity index is 1.80. The zero-order valence-electron chi connectivity index (χ0n) is 13.7. The first kappa shape index (κ1) is 16.8. The van der Waals surface area contributed by atoms with E-state index in [-0.39, 0.29) is 11.8 Å². The van der Waals surface area contributed by atoms with Crippen LogP contribution in [0, 0.1) is 0 Å². The molecule has 1 aromatic heterocycles. The monoisotopic (exact) mass is 343 g/mol. The third kappa shape index (κ3) is 4.26. The van der Waals surface area contributed by atoms with Crippen LogP contribution < -0.4 is 10.6 Å². The summed E-state index contributed by atoms with van der Waals surface area (Å²) in [6.45, 7) is 2.70. The van der Waals surface area contributed by atoms with Gasteiger partial charge >= 0.3 is 0 Å². The first-order valence-corrected chi connectivity index (χ1v) is 9.26. The number of amides is 2. The number of rotatable bonds is 7.